The monoisotopic (exact) mass is 262 g/mol. The summed E-state index contributed by atoms with van der Waals surface area (Å²) in [6.07, 6.45) is 1.93. The maximum atomic E-state index is 10.5. The average molecular weight is 262 g/mol. The number of pyridine rings is 1. The maximum absolute atomic E-state index is 10.5. The first-order chi connectivity index (χ1) is 8.94. The Bertz CT molecular complexity index is 431. The summed E-state index contributed by atoms with van der Waals surface area (Å²) < 4.78 is 0. The van der Waals surface area contributed by atoms with E-state index in [2.05, 4.69) is 42.8 Å². The molecule has 1 saturated carbocycles. The summed E-state index contributed by atoms with van der Waals surface area (Å²) in [6, 6.07) is 6.41. The number of aryl methyl sites for hydroxylation is 1. The molecule has 1 heterocycles. The molecule has 3 nitrogen and oxygen atoms in total. The Morgan fingerprint density at radius 2 is 2.16 bits per heavy atom. The Kier molecular flexibility index (Phi) is 4.26. The van der Waals surface area contributed by atoms with E-state index < -0.39 is 0 Å². The van der Waals surface area contributed by atoms with Crippen LogP contribution in [0.1, 0.15) is 45.0 Å². The number of nitrogens with zero attached hydrogens (tertiary/aromatic N) is 2. The summed E-state index contributed by atoms with van der Waals surface area (Å²) in [5.41, 5.74) is 2.19. The first kappa shape index (κ1) is 14.5. The highest BCUT2D eigenvalue weighted by molar-refractivity contribution is 5.10. The fourth-order valence-corrected chi connectivity index (χ4v) is 3.09. The van der Waals surface area contributed by atoms with Crippen LogP contribution in [0.3, 0.4) is 0 Å². The van der Waals surface area contributed by atoms with Gasteiger partial charge in [0.2, 0.25) is 0 Å². The van der Waals surface area contributed by atoms with Crippen molar-refractivity contribution in [2.24, 2.45) is 5.41 Å². The third kappa shape index (κ3) is 3.15. The van der Waals surface area contributed by atoms with E-state index in [4.69, 9.17) is 0 Å². The minimum Gasteiger partial charge on any atom is -0.391 e. The molecule has 0 radical (unpaired) electrons. The van der Waals surface area contributed by atoms with Gasteiger partial charge in [-0.05, 0) is 43.9 Å². The van der Waals surface area contributed by atoms with Crippen LogP contribution in [0.25, 0.3) is 0 Å². The van der Waals surface area contributed by atoms with Crippen LogP contribution in [0.2, 0.25) is 0 Å². The van der Waals surface area contributed by atoms with Crippen molar-refractivity contribution >= 4 is 0 Å². The van der Waals surface area contributed by atoms with Crippen molar-refractivity contribution in [2.75, 3.05) is 6.54 Å². The highest BCUT2D eigenvalue weighted by Gasteiger charge is 2.42. The van der Waals surface area contributed by atoms with Gasteiger partial charge in [0.1, 0.15) is 0 Å². The molecule has 19 heavy (non-hydrogen) atoms. The Hall–Kier alpha value is -0.930. The summed E-state index contributed by atoms with van der Waals surface area (Å²) >= 11 is 0. The topological polar surface area (TPSA) is 36.4 Å². The maximum Gasteiger partial charge on any atom is 0.0746 e. The fourth-order valence-electron chi connectivity index (χ4n) is 3.09. The van der Waals surface area contributed by atoms with Gasteiger partial charge in [-0.1, -0.05) is 26.8 Å². The molecule has 3 heteroatoms. The van der Waals surface area contributed by atoms with E-state index >= 15 is 0 Å². The van der Waals surface area contributed by atoms with Crippen LogP contribution in [0.15, 0.2) is 18.2 Å². The van der Waals surface area contributed by atoms with Gasteiger partial charge in [0, 0.05) is 18.3 Å². The van der Waals surface area contributed by atoms with Crippen molar-refractivity contribution in [2.45, 2.75) is 59.2 Å². The molecule has 0 amide bonds. The van der Waals surface area contributed by atoms with Gasteiger partial charge in [-0.15, -0.1) is 0 Å². The van der Waals surface area contributed by atoms with Gasteiger partial charge in [0.25, 0.3) is 0 Å². The van der Waals surface area contributed by atoms with Crippen LogP contribution < -0.4 is 0 Å². The van der Waals surface area contributed by atoms with E-state index in [1.807, 2.05) is 13.0 Å². The van der Waals surface area contributed by atoms with Crippen LogP contribution in [0, 0.1) is 12.3 Å². The molecule has 0 bridgehead atoms. The Labute approximate surface area is 116 Å². The second-order valence-electron chi connectivity index (χ2n) is 6.37. The molecule has 1 aliphatic rings. The summed E-state index contributed by atoms with van der Waals surface area (Å²) in [7, 11) is 0. The predicted octanol–water partition coefficient (Wildman–Crippen LogP) is 2.76. The van der Waals surface area contributed by atoms with Crippen LogP contribution in [0.5, 0.6) is 0 Å². The Morgan fingerprint density at radius 1 is 1.42 bits per heavy atom. The third-order valence-corrected chi connectivity index (χ3v) is 4.44. The number of aliphatic hydroxyl groups excluding tert-OH is 1. The molecular weight excluding hydrogens is 236 g/mol. The number of hydrogen-bond donors (Lipinski definition) is 1. The highest BCUT2D eigenvalue weighted by Crippen LogP contribution is 2.40. The van der Waals surface area contributed by atoms with Crippen molar-refractivity contribution < 1.29 is 5.11 Å². The lowest BCUT2D eigenvalue weighted by Gasteiger charge is -2.33. The van der Waals surface area contributed by atoms with Gasteiger partial charge in [-0.3, -0.25) is 9.88 Å². The lowest BCUT2D eigenvalue weighted by atomic mass is 9.88. The van der Waals surface area contributed by atoms with Gasteiger partial charge in [-0.2, -0.15) is 0 Å². The normalized spacial score (nSPS) is 26.0. The Balaban J connectivity index is 2.09. The van der Waals surface area contributed by atoms with E-state index in [0.29, 0.717) is 0 Å². The second-order valence-corrected chi connectivity index (χ2v) is 6.37. The molecule has 1 fully saturated rings. The van der Waals surface area contributed by atoms with Gasteiger partial charge in [-0.25, -0.2) is 0 Å². The van der Waals surface area contributed by atoms with Crippen LogP contribution in [0.4, 0.5) is 0 Å². The van der Waals surface area contributed by atoms with Gasteiger partial charge in [0.15, 0.2) is 0 Å². The van der Waals surface area contributed by atoms with E-state index in [9.17, 15) is 5.11 Å². The third-order valence-electron chi connectivity index (χ3n) is 4.44. The molecule has 0 saturated heterocycles. The van der Waals surface area contributed by atoms with Gasteiger partial charge < -0.3 is 5.11 Å². The average Bonchev–Trinajstić information content (AvgIpc) is 2.62. The van der Waals surface area contributed by atoms with Crippen LogP contribution in [-0.4, -0.2) is 33.7 Å². The SMILES string of the molecule is CCN(Cc1cccc(C)n1)C1CCC(C)(C)C1O. The van der Waals surface area contributed by atoms with Crippen LogP contribution >= 0.6 is 0 Å². The largest absolute Gasteiger partial charge is 0.391 e. The number of aromatic nitrogens is 1. The molecule has 0 aromatic carbocycles. The fraction of sp³-hybridized carbons (Fsp3) is 0.688. The van der Waals surface area contributed by atoms with Crippen molar-refractivity contribution in [3.8, 4) is 0 Å². The predicted molar refractivity (Wildman–Crippen MR) is 77.9 cm³/mol. The number of hydrogen-bond acceptors (Lipinski definition) is 3. The second kappa shape index (κ2) is 5.59. The molecule has 1 aromatic heterocycles. The van der Waals surface area contributed by atoms with Crippen molar-refractivity contribution in [1.29, 1.82) is 0 Å². The van der Waals surface area contributed by atoms with E-state index in [-0.39, 0.29) is 17.6 Å². The summed E-state index contributed by atoms with van der Waals surface area (Å²) in [4.78, 5) is 6.93. The minimum atomic E-state index is -0.239. The van der Waals surface area contributed by atoms with E-state index in [0.717, 1.165) is 37.3 Å². The lowest BCUT2D eigenvalue weighted by molar-refractivity contribution is 0.0130. The van der Waals surface area contributed by atoms with Crippen molar-refractivity contribution in [3.63, 3.8) is 0 Å². The molecule has 106 valence electrons. The smallest absolute Gasteiger partial charge is 0.0746 e. The molecule has 2 atom stereocenters. The number of aliphatic hydroxyl groups is 1. The molecular formula is C16H26N2O. The van der Waals surface area contributed by atoms with Gasteiger partial charge in [0.05, 0.1) is 11.8 Å². The molecule has 1 aliphatic carbocycles. The van der Waals surface area contributed by atoms with Crippen molar-refractivity contribution in [1.82, 2.24) is 9.88 Å². The quantitative estimate of drug-likeness (QED) is 0.906. The van der Waals surface area contributed by atoms with E-state index in [1.165, 1.54) is 0 Å². The summed E-state index contributed by atoms with van der Waals surface area (Å²) in [5, 5.41) is 10.5. The summed E-state index contributed by atoms with van der Waals surface area (Å²) in [6.45, 7) is 10.3. The summed E-state index contributed by atoms with van der Waals surface area (Å²) in [5.74, 6) is 0. The van der Waals surface area contributed by atoms with Gasteiger partial charge >= 0.3 is 0 Å². The zero-order valence-electron chi connectivity index (χ0n) is 12.6. The first-order valence-electron chi connectivity index (χ1n) is 7.28. The molecule has 0 aliphatic heterocycles. The standard InChI is InChI=1S/C16H26N2O/c1-5-18(11-13-8-6-7-12(2)17-13)14-9-10-16(3,4)15(14)19/h6-8,14-15,19H,5,9-11H2,1-4H3. The highest BCUT2D eigenvalue weighted by atomic mass is 16.3. The van der Waals surface area contributed by atoms with Crippen molar-refractivity contribution in [3.05, 3.63) is 29.6 Å². The van der Waals surface area contributed by atoms with Crippen LogP contribution in [-0.2, 0) is 6.54 Å². The Morgan fingerprint density at radius 3 is 2.68 bits per heavy atom. The minimum absolute atomic E-state index is 0.0398. The molecule has 2 unspecified atom stereocenters. The molecule has 1 N–H and O–H groups in total. The zero-order valence-corrected chi connectivity index (χ0v) is 12.6. The lowest BCUT2D eigenvalue weighted by Crippen LogP contribution is -2.43. The zero-order chi connectivity index (χ0) is 14.0. The number of likely N-dealkylation sites (N-methyl/N-ethyl adjacent to an activating group) is 1. The first-order valence-corrected chi connectivity index (χ1v) is 7.28. The molecule has 2 rings (SSSR count). The van der Waals surface area contributed by atoms with E-state index in [1.54, 1.807) is 0 Å². The molecule has 0 spiro atoms. The number of rotatable bonds is 4. The molecule has 1 aromatic rings.